The van der Waals surface area contributed by atoms with Crippen LogP contribution < -0.4 is 19.5 Å². The van der Waals surface area contributed by atoms with Crippen molar-refractivity contribution >= 4 is 21.6 Å². The first-order valence-corrected chi connectivity index (χ1v) is 12.1. The molecule has 1 atom stereocenters. The van der Waals surface area contributed by atoms with Crippen molar-refractivity contribution in [3.05, 3.63) is 82.9 Å². The lowest BCUT2D eigenvalue weighted by Gasteiger charge is -2.26. The molecule has 3 aromatic rings. The molecule has 8 heteroatoms. The minimum atomic E-state index is -3.88. The topological polar surface area (TPSA) is 93.7 Å². The molecule has 0 saturated heterocycles. The molecule has 0 fully saturated rings. The summed E-state index contributed by atoms with van der Waals surface area (Å²) in [4.78, 5) is 12.8. The Labute approximate surface area is 193 Å². The minimum Gasteiger partial charge on any atom is -0.486 e. The second kappa shape index (κ2) is 9.15. The third-order valence-electron chi connectivity index (χ3n) is 5.42. The molecule has 1 amide bonds. The van der Waals surface area contributed by atoms with Gasteiger partial charge in [0, 0.05) is 5.56 Å². The second-order valence-electron chi connectivity index (χ2n) is 8.11. The number of ether oxygens (including phenoxy) is 2. The number of anilines is 1. The van der Waals surface area contributed by atoms with Gasteiger partial charge in [-0.3, -0.25) is 9.52 Å². The Bertz CT molecular complexity index is 1300. The first-order valence-electron chi connectivity index (χ1n) is 10.6. The number of amides is 1. The summed E-state index contributed by atoms with van der Waals surface area (Å²) in [5.74, 6) is 0.911. The van der Waals surface area contributed by atoms with Gasteiger partial charge in [0.2, 0.25) is 0 Å². The maximum Gasteiger partial charge on any atom is 0.262 e. The number of benzene rings is 3. The molecule has 0 radical (unpaired) electrons. The van der Waals surface area contributed by atoms with E-state index >= 15 is 0 Å². The molecular formula is C25H26N2O5S. The van der Waals surface area contributed by atoms with Crippen molar-refractivity contribution in [1.29, 1.82) is 0 Å². The Balaban J connectivity index is 1.46. The summed E-state index contributed by atoms with van der Waals surface area (Å²) >= 11 is 0. The number of fused-ring (bicyclic) bond motifs is 1. The highest BCUT2D eigenvalue weighted by atomic mass is 32.2. The lowest BCUT2D eigenvalue weighted by Crippen LogP contribution is -2.40. The fourth-order valence-electron chi connectivity index (χ4n) is 3.63. The molecule has 1 aliphatic heterocycles. The summed E-state index contributed by atoms with van der Waals surface area (Å²) in [6.07, 6.45) is -0.344. The van der Waals surface area contributed by atoms with Crippen LogP contribution in [0.1, 0.15) is 27.0 Å². The number of aryl methyl sites for hydroxylation is 3. The van der Waals surface area contributed by atoms with Gasteiger partial charge in [0.1, 0.15) is 12.7 Å². The Hall–Kier alpha value is -3.52. The standard InChI is InChI=1S/C25H26N2O5S/c1-16-8-11-21(18(3)12-16)27-33(29,30)24-13-19(10-9-17(24)2)25(28)26-14-20-15-31-22-6-4-5-7-23(22)32-20/h4-13,20,27H,14-15H2,1-3H3,(H,26,28)/t20-/m1/s1. The Morgan fingerprint density at radius 2 is 1.73 bits per heavy atom. The molecule has 172 valence electrons. The van der Waals surface area contributed by atoms with E-state index < -0.39 is 10.0 Å². The van der Waals surface area contributed by atoms with E-state index in [-0.39, 0.29) is 29.0 Å². The molecule has 0 aromatic heterocycles. The molecule has 0 saturated carbocycles. The third-order valence-corrected chi connectivity index (χ3v) is 6.93. The molecule has 7 nitrogen and oxygen atoms in total. The first kappa shape index (κ1) is 22.7. The zero-order valence-corrected chi connectivity index (χ0v) is 19.5. The van der Waals surface area contributed by atoms with Crippen molar-refractivity contribution in [2.45, 2.75) is 31.8 Å². The smallest absolute Gasteiger partial charge is 0.262 e. The van der Waals surface area contributed by atoms with Crippen LogP contribution in [0.5, 0.6) is 11.5 Å². The van der Waals surface area contributed by atoms with Crippen molar-refractivity contribution in [2.75, 3.05) is 17.9 Å². The van der Waals surface area contributed by atoms with Crippen LogP contribution in [0.25, 0.3) is 0 Å². The van der Waals surface area contributed by atoms with Gasteiger partial charge in [-0.1, -0.05) is 35.9 Å². The molecule has 1 aliphatic rings. The summed E-state index contributed by atoms with van der Waals surface area (Å²) in [6.45, 7) is 6.02. The number of nitrogens with one attached hydrogen (secondary N) is 2. The number of rotatable bonds is 6. The molecule has 0 spiro atoms. The van der Waals surface area contributed by atoms with Crippen molar-refractivity contribution in [1.82, 2.24) is 5.32 Å². The largest absolute Gasteiger partial charge is 0.486 e. The number of carbonyl (C=O) groups excluding carboxylic acids is 1. The van der Waals surface area contributed by atoms with Crippen LogP contribution in [-0.2, 0) is 10.0 Å². The highest BCUT2D eigenvalue weighted by molar-refractivity contribution is 7.92. The van der Waals surface area contributed by atoms with E-state index in [1.54, 1.807) is 25.1 Å². The van der Waals surface area contributed by atoms with Gasteiger partial charge in [0.05, 0.1) is 17.1 Å². The van der Waals surface area contributed by atoms with Gasteiger partial charge in [-0.15, -0.1) is 0 Å². The van der Waals surface area contributed by atoms with E-state index in [0.29, 0.717) is 29.4 Å². The molecule has 0 unspecified atom stereocenters. The van der Waals surface area contributed by atoms with E-state index in [9.17, 15) is 13.2 Å². The van der Waals surface area contributed by atoms with Crippen molar-refractivity contribution in [3.63, 3.8) is 0 Å². The van der Waals surface area contributed by atoms with Gasteiger partial charge in [-0.2, -0.15) is 0 Å². The summed E-state index contributed by atoms with van der Waals surface area (Å²) in [6, 6.07) is 17.5. The summed E-state index contributed by atoms with van der Waals surface area (Å²) in [5, 5.41) is 2.80. The molecule has 33 heavy (non-hydrogen) atoms. The van der Waals surface area contributed by atoms with Crippen LogP contribution in [0, 0.1) is 20.8 Å². The summed E-state index contributed by atoms with van der Waals surface area (Å²) in [5.41, 5.74) is 3.16. The quantitative estimate of drug-likeness (QED) is 0.573. The second-order valence-corrected chi connectivity index (χ2v) is 9.76. The van der Waals surface area contributed by atoms with Crippen LogP contribution in [0.4, 0.5) is 5.69 Å². The molecule has 0 aliphatic carbocycles. The van der Waals surface area contributed by atoms with Gasteiger partial charge in [-0.25, -0.2) is 8.42 Å². The van der Waals surface area contributed by atoms with Crippen LogP contribution in [0.3, 0.4) is 0 Å². The summed E-state index contributed by atoms with van der Waals surface area (Å²) < 4.78 is 40.3. The van der Waals surface area contributed by atoms with E-state index in [1.165, 1.54) is 6.07 Å². The van der Waals surface area contributed by atoms with E-state index in [4.69, 9.17) is 9.47 Å². The fourth-order valence-corrected chi connectivity index (χ4v) is 5.03. The van der Waals surface area contributed by atoms with Crippen molar-refractivity contribution in [2.24, 2.45) is 0 Å². The van der Waals surface area contributed by atoms with Crippen molar-refractivity contribution < 1.29 is 22.7 Å². The zero-order chi connectivity index (χ0) is 23.6. The maximum atomic E-state index is 13.1. The Morgan fingerprint density at radius 3 is 2.48 bits per heavy atom. The predicted molar refractivity (Wildman–Crippen MR) is 127 cm³/mol. The maximum absolute atomic E-state index is 13.1. The third kappa shape index (κ3) is 5.12. The van der Waals surface area contributed by atoms with Gasteiger partial charge in [0.25, 0.3) is 15.9 Å². The van der Waals surface area contributed by atoms with Crippen LogP contribution in [-0.4, -0.2) is 33.6 Å². The highest BCUT2D eigenvalue weighted by Crippen LogP contribution is 2.30. The number of carbonyl (C=O) groups is 1. The number of hydrogen-bond donors (Lipinski definition) is 2. The van der Waals surface area contributed by atoms with Crippen LogP contribution in [0.15, 0.2) is 65.6 Å². The van der Waals surface area contributed by atoms with Gasteiger partial charge >= 0.3 is 0 Å². The molecule has 2 N–H and O–H groups in total. The monoisotopic (exact) mass is 466 g/mol. The van der Waals surface area contributed by atoms with Gasteiger partial charge in [-0.05, 0) is 62.2 Å². The molecule has 0 bridgehead atoms. The molecule has 4 rings (SSSR count). The SMILES string of the molecule is Cc1ccc(NS(=O)(=O)c2cc(C(=O)NC[C@@H]3COc4ccccc4O3)ccc2C)c(C)c1. The lowest BCUT2D eigenvalue weighted by molar-refractivity contribution is 0.0789. The lowest BCUT2D eigenvalue weighted by atomic mass is 10.1. The molecule has 3 aromatic carbocycles. The predicted octanol–water partition coefficient (Wildman–Crippen LogP) is 3.98. The molecular weight excluding hydrogens is 440 g/mol. The fraction of sp³-hybridized carbons (Fsp3) is 0.240. The van der Waals surface area contributed by atoms with E-state index in [1.807, 2.05) is 50.2 Å². The van der Waals surface area contributed by atoms with Crippen molar-refractivity contribution in [3.8, 4) is 11.5 Å². The first-order chi connectivity index (χ1) is 15.7. The van der Waals surface area contributed by atoms with Crippen LogP contribution >= 0.6 is 0 Å². The minimum absolute atomic E-state index is 0.0568. The number of sulfonamides is 1. The Morgan fingerprint density at radius 1 is 0.970 bits per heavy atom. The Kier molecular flexibility index (Phi) is 6.29. The van der Waals surface area contributed by atoms with E-state index in [0.717, 1.165) is 11.1 Å². The van der Waals surface area contributed by atoms with E-state index in [2.05, 4.69) is 10.0 Å². The number of hydrogen-bond acceptors (Lipinski definition) is 5. The zero-order valence-electron chi connectivity index (χ0n) is 18.7. The summed E-state index contributed by atoms with van der Waals surface area (Å²) in [7, 11) is -3.88. The van der Waals surface area contributed by atoms with Gasteiger partial charge < -0.3 is 14.8 Å². The highest BCUT2D eigenvalue weighted by Gasteiger charge is 2.23. The average Bonchev–Trinajstić information content (AvgIpc) is 2.79. The average molecular weight is 467 g/mol. The molecule has 1 heterocycles. The normalized spacial score (nSPS) is 15.1. The van der Waals surface area contributed by atoms with Gasteiger partial charge in [0.15, 0.2) is 11.5 Å². The van der Waals surface area contributed by atoms with Crippen LogP contribution in [0.2, 0.25) is 0 Å². The number of para-hydroxylation sites is 2.